The highest BCUT2D eigenvalue weighted by Crippen LogP contribution is 2.32. The molecule has 0 atom stereocenters. The van der Waals surface area contributed by atoms with Crippen molar-refractivity contribution in [2.24, 2.45) is 0 Å². The summed E-state index contributed by atoms with van der Waals surface area (Å²) in [6.45, 7) is 0. The maximum atomic E-state index is 12.6. The van der Waals surface area contributed by atoms with Crippen molar-refractivity contribution in [2.75, 3.05) is 4.31 Å². The molecule has 126 valence electrons. The van der Waals surface area contributed by atoms with E-state index in [-0.39, 0.29) is 22.3 Å². The second kappa shape index (κ2) is 6.70. The van der Waals surface area contributed by atoms with Crippen LogP contribution in [0.2, 0.25) is 0 Å². The molecule has 1 aliphatic rings. The molecule has 2 aromatic rings. The van der Waals surface area contributed by atoms with Crippen molar-refractivity contribution < 1.29 is 13.2 Å². The summed E-state index contributed by atoms with van der Waals surface area (Å²) < 4.78 is 28.3. The number of allylic oxidation sites excluding steroid dienone is 1. The van der Waals surface area contributed by atoms with E-state index >= 15 is 0 Å². The van der Waals surface area contributed by atoms with E-state index in [1.54, 1.807) is 18.2 Å². The first kappa shape index (κ1) is 17.2. The summed E-state index contributed by atoms with van der Waals surface area (Å²) >= 11 is 3.20. The minimum atomic E-state index is -4.12. The number of hydrogen-bond donors (Lipinski definition) is 1. The van der Waals surface area contributed by atoms with Crippen LogP contribution in [0.5, 0.6) is 0 Å². The van der Waals surface area contributed by atoms with Crippen LogP contribution in [-0.2, 0) is 21.4 Å². The molecule has 1 heterocycles. The number of carbonyl (C=O) groups is 1. The summed E-state index contributed by atoms with van der Waals surface area (Å²) in [5, 5.41) is 9.08. The molecule has 1 amide bonds. The fraction of sp³-hybridized carbons (Fsp3) is 0.0588. The fourth-order valence-corrected chi connectivity index (χ4v) is 4.44. The maximum absolute atomic E-state index is 12.6. The number of nitrogens with one attached hydrogen (secondary N) is 1. The van der Waals surface area contributed by atoms with Gasteiger partial charge in [0, 0.05) is 6.42 Å². The maximum Gasteiger partial charge on any atom is 0.330 e. The van der Waals surface area contributed by atoms with Crippen LogP contribution in [-0.4, -0.2) is 14.3 Å². The zero-order valence-electron chi connectivity index (χ0n) is 12.8. The Labute approximate surface area is 153 Å². The van der Waals surface area contributed by atoms with Crippen LogP contribution >= 0.6 is 15.9 Å². The molecular weight excluding hydrogens is 406 g/mol. The largest absolute Gasteiger partial charge is 0.330 e. The summed E-state index contributed by atoms with van der Waals surface area (Å²) in [5.74, 6) is -0.724. The zero-order chi connectivity index (χ0) is 18.0. The molecule has 6 nitrogen and oxygen atoms in total. The molecule has 25 heavy (non-hydrogen) atoms. The Kier molecular flexibility index (Phi) is 4.61. The van der Waals surface area contributed by atoms with E-state index in [2.05, 4.69) is 15.9 Å². The molecule has 0 radical (unpaired) electrons. The number of nitrogens with zero attached hydrogens (tertiary/aromatic N) is 2. The van der Waals surface area contributed by atoms with E-state index in [1.165, 1.54) is 6.07 Å². The van der Waals surface area contributed by atoms with Gasteiger partial charge in [0.1, 0.15) is 4.48 Å². The molecule has 0 saturated heterocycles. The van der Waals surface area contributed by atoms with Crippen molar-refractivity contribution >= 4 is 37.7 Å². The summed E-state index contributed by atoms with van der Waals surface area (Å²) in [7, 11) is -4.12. The van der Waals surface area contributed by atoms with Gasteiger partial charge in [-0.15, -0.1) is 0 Å². The van der Waals surface area contributed by atoms with Gasteiger partial charge in [0.2, 0.25) is 0 Å². The number of halogens is 1. The lowest BCUT2D eigenvalue weighted by Gasteiger charge is -2.31. The summed E-state index contributed by atoms with van der Waals surface area (Å²) in [6, 6.07) is 17.4. The Morgan fingerprint density at radius 2 is 1.84 bits per heavy atom. The Bertz CT molecular complexity index is 1010. The molecule has 0 fully saturated rings. The molecule has 0 spiro atoms. The topological polar surface area (TPSA) is 90.3 Å². The molecule has 8 heteroatoms. The normalized spacial score (nSPS) is 16.3. The van der Waals surface area contributed by atoms with Crippen LogP contribution in [0, 0.1) is 11.3 Å². The molecule has 0 aliphatic carbocycles. The number of carbonyl (C=O) groups excluding carboxylic acids is 1. The van der Waals surface area contributed by atoms with Crippen molar-refractivity contribution in [3.8, 4) is 6.07 Å². The predicted molar refractivity (Wildman–Crippen MR) is 96.8 cm³/mol. The molecule has 0 aromatic heterocycles. The molecule has 0 bridgehead atoms. The van der Waals surface area contributed by atoms with Gasteiger partial charge in [-0.05, 0) is 39.7 Å². The Balaban J connectivity index is 2.16. The van der Waals surface area contributed by atoms with E-state index < -0.39 is 16.1 Å². The predicted octanol–water partition coefficient (Wildman–Crippen LogP) is 2.59. The van der Waals surface area contributed by atoms with Crippen molar-refractivity contribution in [2.45, 2.75) is 6.42 Å². The van der Waals surface area contributed by atoms with E-state index in [9.17, 15) is 13.2 Å². The second-order valence-electron chi connectivity index (χ2n) is 5.29. The van der Waals surface area contributed by atoms with Crippen LogP contribution in [0.25, 0.3) is 0 Å². The van der Waals surface area contributed by atoms with Crippen molar-refractivity contribution in [1.29, 1.82) is 5.26 Å². The fourth-order valence-electron chi connectivity index (χ4n) is 2.51. The molecule has 2 aromatic carbocycles. The smallest absolute Gasteiger partial charge is 0.267 e. The van der Waals surface area contributed by atoms with E-state index in [0.29, 0.717) is 5.56 Å². The summed E-state index contributed by atoms with van der Waals surface area (Å²) in [6.07, 6.45) is 0.227. The number of rotatable bonds is 3. The van der Waals surface area contributed by atoms with Crippen molar-refractivity contribution in [1.82, 2.24) is 4.72 Å². The monoisotopic (exact) mass is 417 g/mol. The number of anilines is 1. The quantitative estimate of drug-likeness (QED) is 0.830. The van der Waals surface area contributed by atoms with E-state index in [0.717, 1.165) is 9.87 Å². The third kappa shape index (κ3) is 3.43. The first-order chi connectivity index (χ1) is 11.9. The lowest BCUT2D eigenvalue weighted by atomic mass is 10.1. The Morgan fingerprint density at radius 1 is 1.12 bits per heavy atom. The third-order valence-corrected chi connectivity index (χ3v) is 5.76. The first-order valence-electron chi connectivity index (χ1n) is 7.22. The van der Waals surface area contributed by atoms with Gasteiger partial charge in [-0.1, -0.05) is 36.4 Å². The van der Waals surface area contributed by atoms with Gasteiger partial charge in [-0.3, -0.25) is 4.79 Å². The Morgan fingerprint density at radius 3 is 2.52 bits per heavy atom. The van der Waals surface area contributed by atoms with Crippen molar-refractivity contribution in [3.63, 3.8) is 0 Å². The van der Waals surface area contributed by atoms with Crippen LogP contribution < -0.4 is 9.03 Å². The number of hydrogen-bond acceptors (Lipinski definition) is 4. The van der Waals surface area contributed by atoms with Crippen LogP contribution in [0.15, 0.2) is 64.8 Å². The highest BCUT2D eigenvalue weighted by atomic mass is 79.9. The standard InChI is InChI=1S/C17H12BrN3O3S/c18-16-15(10-12-5-2-1-3-6-12)21(25(23,24)20-17(16)22)14-8-4-7-13(9-14)11-19/h1-9H,10H2,(H,20,22). The van der Waals surface area contributed by atoms with Gasteiger partial charge in [0.15, 0.2) is 0 Å². The van der Waals surface area contributed by atoms with Gasteiger partial charge in [-0.2, -0.15) is 13.7 Å². The zero-order valence-corrected chi connectivity index (χ0v) is 15.2. The number of benzene rings is 2. The number of nitriles is 1. The molecule has 0 unspecified atom stereocenters. The van der Waals surface area contributed by atoms with Gasteiger partial charge in [0.25, 0.3) is 5.91 Å². The minimum absolute atomic E-state index is 0.133. The lowest BCUT2D eigenvalue weighted by molar-refractivity contribution is -0.115. The molecule has 3 rings (SSSR count). The average Bonchev–Trinajstić information content (AvgIpc) is 2.60. The molecule has 1 N–H and O–H groups in total. The Hall–Kier alpha value is -2.63. The van der Waals surface area contributed by atoms with Crippen LogP contribution in [0.1, 0.15) is 11.1 Å². The van der Waals surface area contributed by atoms with Gasteiger partial charge in [-0.25, -0.2) is 9.03 Å². The highest BCUT2D eigenvalue weighted by molar-refractivity contribution is 9.12. The van der Waals surface area contributed by atoms with Crippen molar-refractivity contribution in [3.05, 3.63) is 75.9 Å². The van der Waals surface area contributed by atoms with Crippen LogP contribution in [0.3, 0.4) is 0 Å². The molecular formula is C17H12BrN3O3S. The highest BCUT2D eigenvalue weighted by Gasteiger charge is 2.36. The second-order valence-corrected chi connectivity index (χ2v) is 7.60. The van der Waals surface area contributed by atoms with Crippen LogP contribution in [0.4, 0.5) is 5.69 Å². The minimum Gasteiger partial charge on any atom is -0.267 e. The number of amides is 1. The van der Waals surface area contributed by atoms with Gasteiger partial charge in [0.05, 0.1) is 23.0 Å². The average molecular weight is 418 g/mol. The van der Waals surface area contributed by atoms with E-state index in [4.69, 9.17) is 5.26 Å². The summed E-state index contributed by atoms with van der Waals surface area (Å²) in [4.78, 5) is 12.0. The first-order valence-corrected chi connectivity index (χ1v) is 9.46. The third-order valence-electron chi connectivity index (χ3n) is 3.58. The summed E-state index contributed by atoms with van der Waals surface area (Å²) in [5.41, 5.74) is 1.73. The SMILES string of the molecule is N#Cc1cccc(N2C(Cc3ccccc3)=C(Br)C(=O)NS2(=O)=O)c1. The lowest BCUT2D eigenvalue weighted by Crippen LogP contribution is -2.48. The van der Waals surface area contributed by atoms with E-state index in [1.807, 2.05) is 41.1 Å². The van der Waals surface area contributed by atoms with Gasteiger partial charge < -0.3 is 0 Å². The van der Waals surface area contributed by atoms with Gasteiger partial charge >= 0.3 is 10.2 Å². The molecule has 0 saturated carbocycles. The molecule has 1 aliphatic heterocycles.